The van der Waals surface area contributed by atoms with Crippen LogP contribution in [0, 0.1) is 11.8 Å². The Morgan fingerprint density at radius 2 is 1.74 bits per heavy atom. The lowest BCUT2D eigenvalue weighted by atomic mass is 9.93. The maximum Gasteiger partial charge on any atom is 0.223 e. The third kappa shape index (κ3) is 5.18. The number of carbonyl (C=O) groups is 1. The molecule has 1 N–H and O–H groups in total. The number of carbonyl (C=O) groups excluding carboxylic acids is 1. The fraction of sp³-hybridized carbons (Fsp3) is 0.520. The largest absolute Gasteiger partial charge is 0.356 e. The Labute approximate surface area is 205 Å². The number of aromatic nitrogens is 4. The van der Waals surface area contributed by atoms with Gasteiger partial charge in [-0.1, -0.05) is 11.6 Å². The maximum absolute atomic E-state index is 12.7. The first-order valence-corrected chi connectivity index (χ1v) is 12.6. The summed E-state index contributed by atoms with van der Waals surface area (Å²) in [6.07, 6.45) is 5.26. The molecule has 2 fully saturated rings. The standard InChI is InChI=1S/C25H32ClN7O/c1-31-14-9-18(10-15-31)8-13-27-25(34)20-11-16-32(17-12-20)23-7-6-22-28-29-24(33(22)30-23)19-2-4-21(26)5-3-19/h2-7,18,20H,8-17H2,1H3,(H,27,34). The number of halogens is 1. The van der Waals surface area contributed by atoms with E-state index in [4.69, 9.17) is 16.7 Å². The lowest BCUT2D eigenvalue weighted by molar-refractivity contribution is -0.125. The Kier molecular flexibility index (Phi) is 6.97. The van der Waals surface area contributed by atoms with Gasteiger partial charge in [-0.05, 0) is 94.6 Å². The number of likely N-dealkylation sites (tertiary alicyclic amines) is 1. The molecule has 0 unspecified atom stereocenters. The zero-order chi connectivity index (χ0) is 23.5. The highest BCUT2D eigenvalue weighted by Crippen LogP contribution is 2.25. The maximum atomic E-state index is 12.7. The van der Waals surface area contributed by atoms with Crippen LogP contribution in [-0.4, -0.2) is 70.4 Å². The van der Waals surface area contributed by atoms with E-state index in [-0.39, 0.29) is 11.8 Å². The minimum Gasteiger partial charge on any atom is -0.356 e. The van der Waals surface area contributed by atoms with Gasteiger partial charge in [-0.3, -0.25) is 4.79 Å². The minimum absolute atomic E-state index is 0.0806. The molecule has 9 heteroatoms. The van der Waals surface area contributed by atoms with Gasteiger partial charge in [-0.15, -0.1) is 15.3 Å². The first kappa shape index (κ1) is 23.1. The Balaban J connectivity index is 1.16. The molecule has 1 aromatic carbocycles. The zero-order valence-corrected chi connectivity index (χ0v) is 20.4. The Bertz CT molecular complexity index is 1120. The summed E-state index contributed by atoms with van der Waals surface area (Å²) in [6, 6.07) is 11.4. The average molecular weight is 482 g/mol. The molecule has 2 aromatic heterocycles. The number of nitrogens with zero attached hydrogens (tertiary/aromatic N) is 6. The van der Waals surface area contributed by atoms with Gasteiger partial charge in [-0.25, -0.2) is 0 Å². The lowest BCUT2D eigenvalue weighted by Gasteiger charge is -2.32. The molecule has 4 heterocycles. The van der Waals surface area contributed by atoms with Crippen molar-refractivity contribution in [3.05, 3.63) is 41.4 Å². The summed E-state index contributed by atoms with van der Waals surface area (Å²) in [5.74, 6) is 2.60. The van der Waals surface area contributed by atoms with Gasteiger partial charge in [0.15, 0.2) is 11.5 Å². The molecule has 2 aliphatic heterocycles. The first-order valence-electron chi connectivity index (χ1n) is 12.3. The predicted octanol–water partition coefficient (Wildman–Crippen LogP) is 3.51. The van der Waals surface area contributed by atoms with E-state index in [9.17, 15) is 4.79 Å². The molecule has 0 aliphatic carbocycles. The number of nitrogens with one attached hydrogen (secondary N) is 1. The highest BCUT2D eigenvalue weighted by Gasteiger charge is 2.26. The number of hydrogen-bond acceptors (Lipinski definition) is 6. The summed E-state index contributed by atoms with van der Waals surface area (Å²) in [4.78, 5) is 17.3. The molecule has 8 nitrogen and oxygen atoms in total. The fourth-order valence-corrected chi connectivity index (χ4v) is 5.12. The van der Waals surface area contributed by atoms with Crippen LogP contribution in [0.1, 0.15) is 32.1 Å². The molecule has 0 radical (unpaired) electrons. The van der Waals surface area contributed by atoms with E-state index in [1.54, 1.807) is 4.52 Å². The second kappa shape index (κ2) is 10.3. The van der Waals surface area contributed by atoms with Gasteiger partial charge in [0.05, 0.1) is 0 Å². The van der Waals surface area contributed by atoms with Crippen LogP contribution in [0.15, 0.2) is 36.4 Å². The quantitative estimate of drug-likeness (QED) is 0.580. The summed E-state index contributed by atoms with van der Waals surface area (Å²) >= 11 is 6.03. The van der Waals surface area contributed by atoms with Crippen LogP contribution < -0.4 is 10.2 Å². The highest BCUT2D eigenvalue weighted by atomic mass is 35.5. The van der Waals surface area contributed by atoms with Gasteiger partial charge in [0.25, 0.3) is 0 Å². The van der Waals surface area contributed by atoms with Gasteiger partial charge in [0.1, 0.15) is 5.82 Å². The van der Waals surface area contributed by atoms with E-state index in [1.807, 2.05) is 36.4 Å². The number of hydrogen-bond donors (Lipinski definition) is 1. The lowest BCUT2D eigenvalue weighted by Crippen LogP contribution is -2.41. The van der Waals surface area contributed by atoms with Crippen LogP contribution in [0.2, 0.25) is 5.02 Å². The molecule has 3 aromatic rings. The van der Waals surface area contributed by atoms with Gasteiger partial charge in [0, 0.05) is 36.1 Å². The predicted molar refractivity (Wildman–Crippen MR) is 134 cm³/mol. The molecule has 180 valence electrons. The van der Waals surface area contributed by atoms with E-state index in [2.05, 4.69) is 32.4 Å². The van der Waals surface area contributed by atoms with Crippen molar-refractivity contribution in [1.82, 2.24) is 30.0 Å². The monoisotopic (exact) mass is 481 g/mol. The van der Waals surface area contributed by atoms with Crippen LogP contribution >= 0.6 is 11.6 Å². The summed E-state index contributed by atoms with van der Waals surface area (Å²) in [5.41, 5.74) is 1.62. The average Bonchev–Trinajstić information content (AvgIpc) is 3.29. The molecular formula is C25H32ClN7O. The molecule has 2 saturated heterocycles. The Morgan fingerprint density at radius 1 is 1.00 bits per heavy atom. The van der Waals surface area contributed by atoms with Crippen molar-refractivity contribution in [2.75, 3.05) is 44.7 Å². The number of rotatable bonds is 6. The number of anilines is 1. The zero-order valence-electron chi connectivity index (χ0n) is 19.7. The third-order valence-corrected chi connectivity index (χ3v) is 7.48. The highest BCUT2D eigenvalue weighted by molar-refractivity contribution is 6.30. The summed E-state index contributed by atoms with van der Waals surface area (Å²) in [6.45, 7) is 4.77. The van der Waals surface area contributed by atoms with Crippen LogP contribution in [0.5, 0.6) is 0 Å². The normalized spacial score (nSPS) is 18.5. The number of amides is 1. The van der Waals surface area contributed by atoms with Gasteiger partial charge in [0.2, 0.25) is 5.91 Å². The van der Waals surface area contributed by atoms with Crippen molar-refractivity contribution < 1.29 is 4.79 Å². The molecule has 0 saturated carbocycles. The van der Waals surface area contributed by atoms with Gasteiger partial charge >= 0.3 is 0 Å². The van der Waals surface area contributed by atoms with Crippen LogP contribution in [0.25, 0.3) is 17.0 Å². The molecule has 0 atom stereocenters. The molecule has 0 spiro atoms. The van der Waals surface area contributed by atoms with Crippen molar-refractivity contribution >= 4 is 29.0 Å². The smallest absolute Gasteiger partial charge is 0.223 e. The van der Waals surface area contributed by atoms with Crippen molar-refractivity contribution in [2.45, 2.75) is 32.1 Å². The summed E-state index contributed by atoms with van der Waals surface area (Å²) < 4.78 is 1.78. The van der Waals surface area contributed by atoms with E-state index in [0.717, 1.165) is 56.2 Å². The summed E-state index contributed by atoms with van der Waals surface area (Å²) in [7, 11) is 2.18. The van der Waals surface area contributed by atoms with E-state index in [1.165, 1.54) is 25.9 Å². The Morgan fingerprint density at radius 3 is 2.47 bits per heavy atom. The van der Waals surface area contributed by atoms with E-state index < -0.39 is 0 Å². The Hall–Kier alpha value is -2.71. The number of piperidine rings is 2. The fourth-order valence-electron chi connectivity index (χ4n) is 4.99. The van der Waals surface area contributed by atoms with Crippen molar-refractivity contribution in [3.63, 3.8) is 0 Å². The molecule has 5 rings (SSSR count). The van der Waals surface area contributed by atoms with Crippen LogP contribution in [0.4, 0.5) is 5.82 Å². The first-order chi connectivity index (χ1) is 16.6. The molecule has 2 aliphatic rings. The molecule has 0 bridgehead atoms. The molecular weight excluding hydrogens is 450 g/mol. The molecule has 34 heavy (non-hydrogen) atoms. The van der Waals surface area contributed by atoms with Crippen LogP contribution in [0.3, 0.4) is 0 Å². The minimum atomic E-state index is 0.0806. The second-order valence-electron chi connectivity index (χ2n) is 9.58. The SMILES string of the molecule is CN1CCC(CCNC(=O)C2CCN(c3ccc4nnc(-c5ccc(Cl)cc5)n4n3)CC2)CC1. The van der Waals surface area contributed by atoms with Gasteiger partial charge < -0.3 is 15.1 Å². The number of benzene rings is 1. The van der Waals surface area contributed by atoms with Crippen molar-refractivity contribution in [3.8, 4) is 11.4 Å². The summed E-state index contributed by atoms with van der Waals surface area (Å²) in [5, 5.41) is 17.3. The second-order valence-corrected chi connectivity index (χ2v) is 10.0. The van der Waals surface area contributed by atoms with Crippen molar-refractivity contribution in [2.24, 2.45) is 11.8 Å². The number of fused-ring (bicyclic) bond motifs is 1. The van der Waals surface area contributed by atoms with Gasteiger partial charge in [-0.2, -0.15) is 4.52 Å². The third-order valence-electron chi connectivity index (χ3n) is 7.23. The van der Waals surface area contributed by atoms with Crippen molar-refractivity contribution in [1.29, 1.82) is 0 Å². The van der Waals surface area contributed by atoms with Crippen LogP contribution in [-0.2, 0) is 4.79 Å². The van der Waals surface area contributed by atoms with E-state index in [0.29, 0.717) is 16.5 Å². The molecule has 1 amide bonds. The van der Waals surface area contributed by atoms with E-state index >= 15 is 0 Å². The topological polar surface area (TPSA) is 78.7 Å².